The fourth-order valence-electron chi connectivity index (χ4n) is 4.13. The van der Waals surface area contributed by atoms with Gasteiger partial charge in [0.25, 0.3) is 5.91 Å². The van der Waals surface area contributed by atoms with Gasteiger partial charge in [0.1, 0.15) is 11.6 Å². The molecule has 3 aromatic carbocycles. The first-order valence-corrected chi connectivity index (χ1v) is 11.8. The molecule has 5 N–H and O–H groups in total. The molecule has 5 rings (SSSR count). The van der Waals surface area contributed by atoms with Crippen LogP contribution >= 0.6 is 0 Å². The number of ether oxygens (including phenoxy) is 1. The zero-order valence-electron chi connectivity index (χ0n) is 20.7. The predicted octanol–water partition coefficient (Wildman–Crippen LogP) is 7.06. The van der Waals surface area contributed by atoms with Gasteiger partial charge in [0.2, 0.25) is 0 Å². The number of rotatable bonds is 6. The number of H-pyrrole nitrogens is 1. The number of halogens is 4. The van der Waals surface area contributed by atoms with Crippen molar-refractivity contribution in [2.75, 3.05) is 28.4 Å². The van der Waals surface area contributed by atoms with Gasteiger partial charge in [-0.3, -0.25) is 4.79 Å². The first kappa shape index (κ1) is 26.4. The van der Waals surface area contributed by atoms with E-state index in [1.807, 2.05) is 12.1 Å². The van der Waals surface area contributed by atoms with Crippen molar-refractivity contribution < 1.29 is 31.9 Å². The van der Waals surface area contributed by atoms with Crippen LogP contribution < -0.4 is 26.0 Å². The van der Waals surface area contributed by atoms with Crippen LogP contribution in [-0.4, -0.2) is 24.0 Å². The van der Waals surface area contributed by atoms with Crippen LogP contribution in [0.15, 0.2) is 72.9 Å². The highest BCUT2D eigenvalue weighted by Crippen LogP contribution is 2.37. The molecular formula is C28H21F4N5O3. The van der Waals surface area contributed by atoms with Gasteiger partial charge in [0, 0.05) is 28.8 Å². The van der Waals surface area contributed by atoms with Crippen molar-refractivity contribution in [2.24, 2.45) is 0 Å². The number of hydrogen-bond acceptors (Lipinski definition) is 4. The lowest BCUT2D eigenvalue weighted by molar-refractivity contribution is -0.137. The van der Waals surface area contributed by atoms with Gasteiger partial charge in [-0.05, 0) is 66.7 Å². The summed E-state index contributed by atoms with van der Waals surface area (Å²) in [7, 11) is 1.46. The van der Waals surface area contributed by atoms with E-state index in [0.29, 0.717) is 46.6 Å². The molecule has 204 valence electrons. The summed E-state index contributed by atoms with van der Waals surface area (Å²) in [4.78, 5) is 28.0. The van der Waals surface area contributed by atoms with E-state index in [9.17, 15) is 27.2 Å². The number of carbonyl (C=O) groups is 2. The molecular weight excluding hydrogens is 530 g/mol. The maximum Gasteiger partial charge on any atom is 0.416 e. The van der Waals surface area contributed by atoms with Gasteiger partial charge in [-0.15, -0.1) is 0 Å². The highest BCUT2D eigenvalue weighted by Gasteiger charge is 2.31. The Hall–Kier alpha value is -5.26. The Labute approximate surface area is 225 Å². The van der Waals surface area contributed by atoms with E-state index in [4.69, 9.17) is 4.74 Å². The zero-order valence-corrected chi connectivity index (χ0v) is 20.7. The number of methoxy groups -OCH3 is 1. The summed E-state index contributed by atoms with van der Waals surface area (Å²) in [5.41, 5.74) is 2.20. The van der Waals surface area contributed by atoms with Gasteiger partial charge in [-0.25, -0.2) is 9.18 Å². The molecule has 0 bridgehead atoms. The largest absolute Gasteiger partial charge is 0.495 e. The first-order valence-electron chi connectivity index (χ1n) is 11.8. The molecule has 0 radical (unpaired) electrons. The molecule has 1 aliphatic heterocycles. The Morgan fingerprint density at radius 2 is 1.75 bits per heavy atom. The van der Waals surface area contributed by atoms with Crippen LogP contribution in [0.2, 0.25) is 0 Å². The minimum atomic E-state index is -4.70. The van der Waals surface area contributed by atoms with Crippen molar-refractivity contribution in [3.8, 4) is 5.75 Å². The normalized spacial score (nSPS) is 13.5. The number of hydrogen-bond donors (Lipinski definition) is 5. The molecule has 0 spiro atoms. The van der Waals surface area contributed by atoms with Crippen molar-refractivity contribution >= 4 is 52.0 Å². The van der Waals surface area contributed by atoms with Crippen molar-refractivity contribution in [1.29, 1.82) is 0 Å². The van der Waals surface area contributed by atoms with E-state index in [2.05, 4.69) is 26.3 Å². The minimum Gasteiger partial charge on any atom is -0.495 e. The van der Waals surface area contributed by atoms with Crippen LogP contribution in [0.4, 0.5) is 50.8 Å². The van der Waals surface area contributed by atoms with Gasteiger partial charge in [0.15, 0.2) is 0 Å². The number of nitrogens with one attached hydrogen (secondary N) is 5. The number of aromatic nitrogens is 1. The predicted molar refractivity (Wildman–Crippen MR) is 144 cm³/mol. The highest BCUT2D eigenvalue weighted by molar-refractivity contribution is 6.35. The number of carbonyl (C=O) groups excluding carboxylic acids is 2. The molecule has 40 heavy (non-hydrogen) atoms. The number of urea groups is 1. The Morgan fingerprint density at radius 3 is 2.48 bits per heavy atom. The van der Waals surface area contributed by atoms with Gasteiger partial charge >= 0.3 is 12.2 Å². The molecule has 12 heteroatoms. The number of aromatic amines is 1. The molecule has 0 saturated heterocycles. The lowest BCUT2D eigenvalue weighted by Gasteiger charge is -2.15. The second-order valence-corrected chi connectivity index (χ2v) is 8.71. The third-order valence-electron chi connectivity index (χ3n) is 6.00. The van der Waals surface area contributed by atoms with Crippen LogP contribution in [0.25, 0.3) is 11.6 Å². The second-order valence-electron chi connectivity index (χ2n) is 8.71. The van der Waals surface area contributed by atoms with Crippen LogP contribution in [0, 0.1) is 5.82 Å². The van der Waals surface area contributed by atoms with Crippen LogP contribution in [0.5, 0.6) is 5.75 Å². The summed E-state index contributed by atoms with van der Waals surface area (Å²) in [6, 6.07) is 14.4. The van der Waals surface area contributed by atoms with Gasteiger partial charge < -0.3 is 31.0 Å². The average Bonchev–Trinajstić information content (AvgIpc) is 3.52. The van der Waals surface area contributed by atoms with E-state index in [1.54, 1.807) is 36.5 Å². The Kier molecular flexibility index (Phi) is 6.91. The van der Waals surface area contributed by atoms with Gasteiger partial charge in [0.05, 0.1) is 35.3 Å². The Bertz CT molecular complexity index is 1630. The standard InChI is InChI=1S/C28H21F4N5O3/c1-40-25-9-6-18(35-27(39)37-23-11-15(28(30,31)32)4-8-21(23)29)14-24(25)34-17-5-7-19-20(12-16-3-2-10-33-16)26(38)36-22(19)13-17/h2-14,33-34H,1H3,(H,36,38)(H2,35,37,39)/b20-12-. The number of amides is 3. The Morgan fingerprint density at radius 1 is 0.950 bits per heavy atom. The molecule has 0 atom stereocenters. The third-order valence-corrected chi connectivity index (χ3v) is 6.00. The summed E-state index contributed by atoms with van der Waals surface area (Å²) in [5.74, 6) is -0.838. The highest BCUT2D eigenvalue weighted by atomic mass is 19.4. The Balaban J connectivity index is 1.33. The number of fused-ring (bicyclic) bond motifs is 1. The monoisotopic (exact) mass is 551 g/mol. The maximum absolute atomic E-state index is 14.0. The summed E-state index contributed by atoms with van der Waals surface area (Å²) in [5, 5.41) is 10.6. The average molecular weight is 552 g/mol. The van der Waals surface area contributed by atoms with E-state index >= 15 is 0 Å². The van der Waals surface area contributed by atoms with Gasteiger partial charge in [-0.1, -0.05) is 6.07 Å². The summed E-state index contributed by atoms with van der Waals surface area (Å²) in [6.45, 7) is 0. The molecule has 8 nitrogen and oxygen atoms in total. The topological polar surface area (TPSA) is 107 Å². The molecule has 3 amide bonds. The second kappa shape index (κ2) is 10.5. The quantitative estimate of drug-likeness (QED) is 0.131. The van der Waals surface area contributed by atoms with Gasteiger partial charge in [-0.2, -0.15) is 13.2 Å². The minimum absolute atomic E-state index is 0.242. The zero-order chi connectivity index (χ0) is 28.4. The summed E-state index contributed by atoms with van der Waals surface area (Å²) < 4.78 is 58.3. The van der Waals surface area contributed by atoms with E-state index in [0.717, 1.165) is 11.3 Å². The molecule has 0 fully saturated rings. The molecule has 1 aromatic heterocycles. The van der Waals surface area contributed by atoms with Crippen molar-refractivity contribution in [3.63, 3.8) is 0 Å². The van der Waals surface area contributed by atoms with Crippen molar-refractivity contribution in [3.05, 3.63) is 95.6 Å². The SMILES string of the molecule is COc1ccc(NC(=O)Nc2cc(C(F)(F)F)ccc2F)cc1Nc1ccc2c(c1)NC(=O)/C2=C\c1ccc[nH]1. The van der Waals surface area contributed by atoms with Crippen molar-refractivity contribution in [2.45, 2.75) is 6.18 Å². The maximum atomic E-state index is 14.0. The summed E-state index contributed by atoms with van der Waals surface area (Å²) >= 11 is 0. The molecule has 0 saturated carbocycles. The van der Waals surface area contributed by atoms with Crippen LogP contribution in [-0.2, 0) is 11.0 Å². The fourth-order valence-corrected chi connectivity index (χ4v) is 4.13. The van der Waals surface area contributed by atoms with Crippen LogP contribution in [0.3, 0.4) is 0 Å². The third kappa shape index (κ3) is 5.60. The van der Waals surface area contributed by atoms with E-state index in [1.165, 1.54) is 19.2 Å². The molecule has 2 heterocycles. The first-order chi connectivity index (χ1) is 19.1. The number of anilines is 5. The lowest BCUT2D eigenvalue weighted by Crippen LogP contribution is -2.20. The molecule has 0 unspecified atom stereocenters. The van der Waals surface area contributed by atoms with E-state index in [-0.39, 0.29) is 11.6 Å². The smallest absolute Gasteiger partial charge is 0.416 e. The molecule has 0 aliphatic carbocycles. The van der Waals surface area contributed by atoms with E-state index < -0.39 is 29.3 Å². The number of alkyl halides is 3. The number of benzene rings is 3. The van der Waals surface area contributed by atoms with Crippen molar-refractivity contribution in [1.82, 2.24) is 4.98 Å². The fraction of sp³-hybridized carbons (Fsp3) is 0.0714. The molecule has 1 aliphatic rings. The van der Waals surface area contributed by atoms with Crippen LogP contribution in [0.1, 0.15) is 16.8 Å². The molecule has 4 aromatic rings. The summed E-state index contributed by atoms with van der Waals surface area (Å²) in [6.07, 6.45) is -1.18. The lowest BCUT2D eigenvalue weighted by atomic mass is 10.1.